The molecule has 2 heteroatoms. The van der Waals surface area contributed by atoms with Crippen molar-refractivity contribution < 1.29 is 0 Å². The minimum atomic E-state index is 0.701. The molecule has 1 fully saturated rings. The van der Waals surface area contributed by atoms with Crippen LogP contribution in [0.4, 0.5) is 0 Å². The zero-order valence-corrected chi connectivity index (χ0v) is 13.0. The average Bonchev–Trinajstić information content (AvgIpc) is 2.81. The van der Waals surface area contributed by atoms with E-state index in [1.807, 2.05) is 0 Å². The van der Waals surface area contributed by atoms with Crippen LogP contribution in [-0.2, 0) is 0 Å². The first-order valence-corrected chi connectivity index (χ1v) is 8.09. The first-order valence-electron chi connectivity index (χ1n) is 8.09. The molecule has 1 aliphatic rings. The van der Waals surface area contributed by atoms with Gasteiger partial charge in [-0.3, -0.25) is 0 Å². The number of nitrogens with zero attached hydrogens (tertiary/aromatic N) is 1. The van der Waals surface area contributed by atoms with Gasteiger partial charge in [0.05, 0.1) is 0 Å². The Bertz CT molecular complexity index is 203. The summed E-state index contributed by atoms with van der Waals surface area (Å²) in [4.78, 5) is 2.68. The summed E-state index contributed by atoms with van der Waals surface area (Å²) in [5.41, 5.74) is 0. The average molecular weight is 254 g/mol. The van der Waals surface area contributed by atoms with Crippen molar-refractivity contribution in [3.05, 3.63) is 0 Å². The lowest BCUT2D eigenvalue weighted by molar-refractivity contribution is 0.294. The predicted octanol–water partition coefficient (Wildman–Crippen LogP) is 3.52. The van der Waals surface area contributed by atoms with Gasteiger partial charge in [-0.2, -0.15) is 0 Å². The van der Waals surface area contributed by atoms with E-state index < -0.39 is 0 Å². The number of hydrogen-bond acceptors (Lipinski definition) is 2. The number of hydrogen-bond donors (Lipinski definition) is 1. The Morgan fingerprint density at radius 1 is 1.22 bits per heavy atom. The van der Waals surface area contributed by atoms with Gasteiger partial charge >= 0.3 is 0 Å². The summed E-state index contributed by atoms with van der Waals surface area (Å²) in [5, 5.41) is 3.57. The van der Waals surface area contributed by atoms with Crippen LogP contribution in [0.5, 0.6) is 0 Å². The van der Waals surface area contributed by atoms with E-state index in [1.165, 1.54) is 58.3 Å². The van der Waals surface area contributed by atoms with Gasteiger partial charge in [0.1, 0.15) is 0 Å². The molecule has 1 aliphatic heterocycles. The number of unbranched alkanes of at least 4 members (excludes halogenated alkanes) is 1. The fourth-order valence-electron chi connectivity index (χ4n) is 2.89. The van der Waals surface area contributed by atoms with E-state index in [2.05, 4.69) is 37.9 Å². The van der Waals surface area contributed by atoms with Crippen LogP contribution in [0.25, 0.3) is 0 Å². The standard InChI is InChI=1S/C16H34N2/c1-5-10-17-15(4)8-6-7-11-18-12-9-16(13-18)14(2)3/h14-17H,5-13H2,1-4H3. The van der Waals surface area contributed by atoms with Gasteiger partial charge in [-0.25, -0.2) is 0 Å². The van der Waals surface area contributed by atoms with Gasteiger partial charge in [0.25, 0.3) is 0 Å². The quantitative estimate of drug-likeness (QED) is 0.633. The maximum atomic E-state index is 3.57. The molecular formula is C16H34N2. The van der Waals surface area contributed by atoms with E-state index in [0.717, 1.165) is 11.8 Å². The Labute approximate surface area is 115 Å². The van der Waals surface area contributed by atoms with Crippen LogP contribution in [0.15, 0.2) is 0 Å². The second-order valence-electron chi connectivity index (χ2n) is 6.44. The number of nitrogens with one attached hydrogen (secondary N) is 1. The fourth-order valence-corrected chi connectivity index (χ4v) is 2.89. The number of likely N-dealkylation sites (tertiary alicyclic amines) is 1. The van der Waals surface area contributed by atoms with Crippen LogP contribution in [0.1, 0.15) is 59.8 Å². The molecule has 18 heavy (non-hydrogen) atoms. The van der Waals surface area contributed by atoms with Crippen LogP contribution in [0.2, 0.25) is 0 Å². The van der Waals surface area contributed by atoms with Crippen LogP contribution in [0, 0.1) is 11.8 Å². The lowest BCUT2D eigenvalue weighted by Crippen LogP contribution is -2.27. The second kappa shape index (κ2) is 8.92. The summed E-state index contributed by atoms with van der Waals surface area (Å²) < 4.78 is 0. The molecule has 0 radical (unpaired) electrons. The lowest BCUT2D eigenvalue weighted by atomic mass is 9.95. The topological polar surface area (TPSA) is 15.3 Å². The Kier molecular flexibility index (Phi) is 7.92. The normalized spacial score (nSPS) is 22.8. The highest BCUT2D eigenvalue weighted by molar-refractivity contribution is 4.77. The zero-order valence-electron chi connectivity index (χ0n) is 13.0. The summed E-state index contributed by atoms with van der Waals surface area (Å²) in [5.74, 6) is 1.82. The SMILES string of the molecule is CCCNC(C)CCCCN1CCC(C(C)C)C1. The molecule has 0 amide bonds. The molecule has 1 N–H and O–H groups in total. The van der Waals surface area contributed by atoms with Gasteiger partial charge in [-0.1, -0.05) is 27.2 Å². The van der Waals surface area contributed by atoms with E-state index in [4.69, 9.17) is 0 Å². The Hall–Kier alpha value is -0.0800. The zero-order chi connectivity index (χ0) is 13.4. The largest absolute Gasteiger partial charge is 0.314 e. The van der Waals surface area contributed by atoms with Crippen molar-refractivity contribution in [1.82, 2.24) is 10.2 Å². The van der Waals surface area contributed by atoms with Crippen molar-refractivity contribution >= 4 is 0 Å². The van der Waals surface area contributed by atoms with Gasteiger partial charge in [0.2, 0.25) is 0 Å². The summed E-state index contributed by atoms with van der Waals surface area (Å²) in [6.07, 6.45) is 6.76. The molecule has 0 bridgehead atoms. The molecule has 0 aromatic carbocycles. The Morgan fingerprint density at radius 3 is 2.61 bits per heavy atom. The summed E-state index contributed by atoms with van der Waals surface area (Å²) in [7, 11) is 0. The monoisotopic (exact) mass is 254 g/mol. The fraction of sp³-hybridized carbons (Fsp3) is 1.00. The van der Waals surface area contributed by atoms with Crippen LogP contribution in [-0.4, -0.2) is 37.1 Å². The highest BCUT2D eigenvalue weighted by Gasteiger charge is 2.23. The highest BCUT2D eigenvalue weighted by Crippen LogP contribution is 2.23. The smallest absolute Gasteiger partial charge is 0.00387 e. The third kappa shape index (κ3) is 6.19. The van der Waals surface area contributed by atoms with Gasteiger partial charge in [-0.15, -0.1) is 0 Å². The molecule has 2 unspecified atom stereocenters. The molecule has 0 aromatic rings. The van der Waals surface area contributed by atoms with E-state index in [1.54, 1.807) is 0 Å². The molecule has 0 spiro atoms. The highest BCUT2D eigenvalue weighted by atomic mass is 15.1. The van der Waals surface area contributed by atoms with Crippen LogP contribution >= 0.6 is 0 Å². The van der Waals surface area contributed by atoms with Gasteiger partial charge < -0.3 is 10.2 Å². The number of rotatable bonds is 9. The molecule has 0 aromatic heterocycles. The van der Waals surface area contributed by atoms with Crippen LogP contribution in [0.3, 0.4) is 0 Å². The van der Waals surface area contributed by atoms with Gasteiger partial charge in [0, 0.05) is 12.6 Å². The minimum Gasteiger partial charge on any atom is -0.314 e. The Morgan fingerprint density at radius 2 is 2.00 bits per heavy atom. The summed E-state index contributed by atoms with van der Waals surface area (Å²) >= 11 is 0. The van der Waals surface area contributed by atoms with E-state index in [0.29, 0.717) is 6.04 Å². The first kappa shape index (κ1) is 16.0. The summed E-state index contributed by atoms with van der Waals surface area (Å²) in [6, 6.07) is 0.701. The lowest BCUT2D eigenvalue weighted by Gasteiger charge is -2.18. The van der Waals surface area contributed by atoms with Gasteiger partial charge in [0.15, 0.2) is 0 Å². The van der Waals surface area contributed by atoms with Crippen molar-refractivity contribution in [2.24, 2.45) is 11.8 Å². The van der Waals surface area contributed by atoms with Crippen molar-refractivity contribution in [3.8, 4) is 0 Å². The van der Waals surface area contributed by atoms with Crippen molar-refractivity contribution in [2.75, 3.05) is 26.2 Å². The van der Waals surface area contributed by atoms with E-state index in [-0.39, 0.29) is 0 Å². The van der Waals surface area contributed by atoms with Crippen LogP contribution < -0.4 is 5.32 Å². The predicted molar refractivity (Wildman–Crippen MR) is 81.0 cm³/mol. The molecule has 1 saturated heterocycles. The third-order valence-electron chi connectivity index (χ3n) is 4.36. The molecule has 2 nitrogen and oxygen atoms in total. The molecule has 0 aliphatic carbocycles. The minimum absolute atomic E-state index is 0.701. The summed E-state index contributed by atoms with van der Waals surface area (Å²) in [6.45, 7) is 14.5. The third-order valence-corrected chi connectivity index (χ3v) is 4.36. The van der Waals surface area contributed by atoms with E-state index >= 15 is 0 Å². The molecule has 108 valence electrons. The molecule has 1 rings (SSSR count). The van der Waals surface area contributed by atoms with Crippen molar-refractivity contribution in [2.45, 2.75) is 65.8 Å². The van der Waals surface area contributed by atoms with E-state index in [9.17, 15) is 0 Å². The molecule has 1 heterocycles. The maximum Gasteiger partial charge on any atom is 0.00387 e. The maximum absolute atomic E-state index is 3.57. The van der Waals surface area contributed by atoms with Crippen molar-refractivity contribution in [3.63, 3.8) is 0 Å². The molecule has 0 saturated carbocycles. The molecule has 2 atom stereocenters. The first-order chi connectivity index (χ1) is 8.63. The van der Waals surface area contributed by atoms with Gasteiger partial charge in [-0.05, 0) is 64.1 Å². The Balaban J connectivity index is 1.98. The van der Waals surface area contributed by atoms with Crippen molar-refractivity contribution in [1.29, 1.82) is 0 Å². The molecular weight excluding hydrogens is 220 g/mol. The second-order valence-corrected chi connectivity index (χ2v) is 6.44.